The van der Waals surface area contributed by atoms with Crippen molar-refractivity contribution < 1.29 is 0 Å². The molecular formula is C16H17ClN4. The number of nitrogens with zero attached hydrogens (tertiary/aromatic N) is 4. The van der Waals surface area contributed by atoms with E-state index in [9.17, 15) is 0 Å². The molecule has 0 amide bonds. The molecule has 0 aliphatic rings. The number of alkyl halides is 1. The zero-order valence-corrected chi connectivity index (χ0v) is 13.1. The maximum absolute atomic E-state index is 6.30. The molecule has 0 saturated carbocycles. The minimum absolute atomic E-state index is 0.169. The van der Waals surface area contributed by atoms with Crippen LogP contribution in [0.3, 0.4) is 0 Å². The fourth-order valence-corrected chi connectivity index (χ4v) is 2.56. The third-order valence-corrected chi connectivity index (χ3v) is 3.73. The Morgan fingerprint density at radius 2 is 2.00 bits per heavy atom. The maximum Gasteiger partial charge on any atom is 0.160 e. The second-order valence-corrected chi connectivity index (χ2v) is 5.93. The second kappa shape index (κ2) is 5.45. The van der Waals surface area contributed by atoms with Crippen LogP contribution in [0, 0.1) is 13.8 Å². The van der Waals surface area contributed by atoms with Gasteiger partial charge < -0.3 is 4.57 Å². The first-order valence-electron chi connectivity index (χ1n) is 6.93. The van der Waals surface area contributed by atoms with Gasteiger partial charge in [-0.05, 0) is 44.0 Å². The fourth-order valence-electron chi connectivity index (χ4n) is 2.39. The van der Waals surface area contributed by atoms with Crippen molar-refractivity contribution in [1.29, 1.82) is 0 Å². The smallest absolute Gasteiger partial charge is 0.160 e. The quantitative estimate of drug-likeness (QED) is 0.691. The highest BCUT2D eigenvalue weighted by Crippen LogP contribution is 2.25. The summed E-state index contributed by atoms with van der Waals surface area (Å²) in [6, 6.07) is 6.05. The van der Waals surface area contributed by atoms with Crippen molar-refractivity contribution in [3.63, 3.8) is 0 Å². The van der Waals surface area contributed by atoms with Crippen LogP contribution in [-0.2, 0) is 6.54 Å². The van der Waals surface area contributed by atoms with E-state index in [0.717, 1.165) is 33.8 Å². The van der Waals surface area contributed by atoms with E-state index in [0.29, 0.717) is 6.54 Å². The van der Waals surface area contributed by atoms with Crippen molar-refractivity contribution in [2.24, 2.45) is 0 Å². The highest BCUT2D eigenvalue weighted by molar-refractivity contribution is 6.20. The summed E-state index contributed by atoms with van der Waals surface area (Å²) in [5.74, 6) is 0.842. The van der Waals surface area contributed by atoms with Crippen LogP contribution in [0.4, 0.5) is 0 Å². The van der Waals surface area contributed by atoms with E-state index in [4.69, 9.17) is 11.6 Å². The van der Waals surface area contributed by atoms with Gasteiger partial charge in [-0.2, -0.15) is 0 Å². The molecular weight excluding hydrogens is 284 g/mol. The number of hydrogen-bond acceptors (Lipinski definition) is 3. The first-order valence-corrected chi connectivity index (χ1v) is 7.37. The summed E-state index contributed by atoms with van der Waals surface area (Å²) >= 11 is 6.30. The zero-order valence-electron chi connectivity index (χ0n) is 12.3. The van der Waals surface area contributed by atoms with Gasteiger partial charge >= 0.3 is 0 Å². The molecule has 0 aliphatic heterocycles. The molecule has 5 heteroatoms. The molecule has 0 spiro atoms. The van der Waals surface area contributed by atoms with Gasteiger partial charge in [0.25, 0.3) is 0 Å². The van der Waals surface area contributed by atoms with Crippen molar-refractivity contribution >= 4 is 22.8 Å². The van der Waals surface area contributed by atoms with Crippen LogP contribution >= 0.6 is 11.6 Å². The van der Waals surface area contributed by atoms with Crippen LogP contribution in [-0.4, -0.2) is 19.5 Å². The molecule has 3 aromatic rings. The van der Waals surface area contributed by atoms with E-state index in [1.165, 1.54) is 0 Å². The Labute approximate surface area is 128 Å². The molecule has 3 rings (SSSR count). The van der Waals surface area contributed by atoms with Gasteiger partial charge in [0.15, 0.2) is 5.65 Å². The summed E-state index contributed by atoms with van der Waals surface area (Å²) in [6.07, 6.45) is 3.70. The standard InChI is InChI=1S/C16H17ClN4/c1-10-6-7-18-16-14(10)20-15(12(3)17)21(16)9-13-5-4-11(2)19-8-13/h4-8,12H,9H2,1-3H3. The molecule has 4 nitrogen and oxygen atoms in total. The first kappa shape index (κ1) is 14.0. The number of aryl methyl sites for hydroxylation is 2. The number of halogens is 1. The average Bonchev–Trinajstić information content (AvgIpc) is 2.82. The number of pyridine rings is 2. The molecule has 0 fully saturated rings. The third-order valence-electron chi connectivity index (χ3n) is 3.53. The van der Waals surface area contributed by atoms with Crippen LogP contribution in [0.25, 0.3) is 11.2 Å². The lowest BCUT2D eigenvalue weighted by atomic mass is 10.2. The van der Waals surface area contributed by atoms with E-state index in [1.807, 2.05) is 45.3 Å². The van der Waals surface area contributed by atoms with Crippen LogP contribution in [0.15, 0.2) is 30.6 Å². The zero-order chi connectivity index (χ0) is 15.0. The molecule has 0 saturated heterocycles. The third kappa shape index (κ3) is 2.63. The predicted octanol–water partition coefficient (Wildman–Crippen LogP) is 3.79. The number of aromatic nitrogens is 4. The van der Waals surface area contributed by atoms with Crippen LogP contribution < -0.4 is 0 Å². The highest BCUT2D eigenvalue weighted by atomic mass is 35.5. The number of hydrogen-bond donors (Lipinski definition) is 0. The Morgan fingerprint density at radius 3 is 2.67 bits per heavy atom. The van der Waals surface area contributed by atoms with Gasteiger partial charge in [-0.1, -0.05) is 6.07 Å². The maximum atomic E-state index is 6.30. The van der Waals surface area contributed by atoms with E-state index in [-0.39, 0.29) is 5.38 Å². The lowest BCUT2D eigenvalue weighted by molar-refractivity contribution is 0.733. The number of imidazole rings is 1. The largest absolute Gasteiger partial charge is 0.307 e. The van der Waals surface area contributed by atoms with Gasteiger partial charge in [-0.25, -0.2) is 9.97 Å². The van der Waals surface area contributed by atoms with Gasteiger partial charge in [-0.15, -0.1) is 11.6 Å². The molecule has 0 aliphatic carbocycles. The summed E-state index contributed by atoms with van der Waals surface area (Å²) in [7, 11) is 0. The number of fused-ring (bicyclic) bond motifs is 1. The topological polar surface area (TPSA) is 43.6 Å². The van der Waals surface area contributed by atoms with E-state index < -0.39 is 0 Å². The molecule has 3 aromatic heterocycles. The second-order valence-electron chi connectivity index (χ2n) is 5.28. The molecule has 3 heterocycles. The summed E-state index contributed by atoms with van der Waals surface area (Å²) in [5.41, 5.74) is 5.02. The average molecular weight is 301 g/mol. The summed E-state index contributed by atoms with van der Waals surface area (Å²) < 4.78 is 2.08. The first-order chi connectivity index (χ1) is 10.1. The molecule has 21 heavy (non-hydrogen) atoms. The van der Waals surface area contributed by atoms with Gasteiger partial charge in [0.1, 0.15) is 11.3 Å². The van der Waals surface area contributed by atoms with Gasteiger partial charge in [0.05, 0.1) is 11.9 Å². The van der Waals surface area contributed by atoms with E-state index in [2.05, 4.69) is 25.6 Å². The Morgan fingerprint density at radius 1 is 1.19 bits per heavy atom. The minimum Gasteiger partial charge on any atom is -0.307 e. The Balaban J connectivity index is 2.13. The molecule has 0 N–H and O–H groups in total. The lowest BCUT2D eigenvalue weighted by Crippen LogP contribution is -2.07. The highest BCUT2D eigenvalue weighted by Gasteiger charge is 2.17. The van der Waals surface area contributed by atoms with Crippen molar-refractivity contribution in [3.8, 4) is 0 Å². The fraction of sp³-hybridized carbons (Fsp3) is 0.312. The van der Waals surface area contributed by atoms with Crippen molar-refractivity contribution in [2.45, 2.75) is 32.7 Å². The van der Waals surface area contributed by atoms with Gasteiger partial charge in [0, 0.05) is 18.1 Å². The SMILES string of the molecule is Cc1ccc(Cn2c(C(C)Cl)nc3c(C)ccnc32)cn1. The van der Waals surface area contributed by atoms with Crippen LogP contribution in [0.2, 0.25) is 0 Å². The summed E-state index contributed by atoms with van der Waals surface area (Å²) in [6.45, 7) is 6.62. The van der Waals surface area contributed by atoms with Gasteiger partial charge in [-0.3, -0.25) is 4.98 Å². The number of rotatable bonds is 3. The Hall–Kier alpha value is -1.94. The molecule has 108 valence electrons. The minimum atomic E-state index is -0.169. The molecule has 1 unspecified atom stereocenters. The van der Waals surface area contributed by atoms with Crippen molar-refractivity contribution in [3.05, 3.63) is 53.2 Å². The molecule has 1 atom stereocenters. The normalized spacial score (nSPS) is 12.8. The monoisotopic (exact) mass is 300 g/mol. The van der Waals surface area contributed by atoms with Crippen LogP contribution in [0.5, 0.6) is 0 Å². The Bertz CT molecular complexity index is 775. The molecule has 0 radical (unpaired) electrons. The lowest BCUT2D eigenvalue weighted by Gasteiger charge is -2.10. The Kier molecular flexibility index (Phi) is 3.64. The van der Waals surface area contributed by atoms with Gasteiger partial charge in [0.2, 0.25) is 0 Å². The summed E-state index contributed by atoms with van der Waals surface area (Å²) in [4.78, 5) is 13.5. The molecule has 0 aromatic carbocycles. The predicted molar refractivity (Wildman–Crippen MR) is 84.6 cm³/mol. The van der Waals surface area contributed by atoms with Crippen molar-refractivity contribution in [1.82, 2.24) is 19.5 Å². The summed E-state index contributed by atoms with van der Waals surface area (Å²) in [5, 5.41) is -0.169. The molecule has 0 bridgehead atoms. The van der Waals surface area contributed by atoms with E-state index in [1.54, 1.807) is 0 Å². The van der Waals surface area contributed by atoms with E-state index >= 15 is 0 Å². The van der Waals surface area contributed by atoms with Crippen molar-refractivity contribution in [2.75, 3.05) is 0 Å². The van der Waals surface area contributed by atoms with Crippen LogP contribution in [0.1, 0.15) is 34.9 Å².